The van der Waals surface area contributed by atoms with Gasteiger partial charge in [0.1, 0.15) is 0 Å². The van der Waals surface area contributed by atoms with E-state index in [1.807, 2.05) is 4.90 Å². The number of nitrogens with two attached hydrogens (primary N) is 1. The molecule has 5 nitrogen and oxygen atoms in total. The van der Waals surface area contributed by atoms with Crippen LogP contribution in [-0.4, -0.2) is 42.4 Å². The lowest BCUT2D eigenvalue weighted by Crippen LogP contribution is -2.46. The molecule has 1 aliphatic rings. The Bertz CT molecular complexity index is 299. The van der Waals surface area contributed by atoms with Crippen molar-refractivity contribution in [2.24, 2.45) is 11.7 Å². The van der Waals surface area contributed by atoms with Crippen molar-refractivity contribution in [2.75, 3.05) is 19.6 Å². The first-order chi connectivity index (χ1) is 8.97. The average Bonchev–Trinajstić information content (AvgIpc) is 2.27. The van der Waals surface area contributed by atoms with Crippen molar-refractivity contribution < 1.29 is 9.59 Å². The van der Waals surface area contributed by atoms with E-state index in [9.17, 15) is 9.59 Å². The number of hydrogen-bond acceptors (Lipinski definition) is 3. The van der Waals surface area contributed by atoms with Gasteiger partial charge < -0.3 is 11.1 Å². The lowest BCUT2D eigenvalue weighted by atomic mass is 9.95. The molecule has 0 saturated heterocycles. The second kappa shape index (κ2) is 8.15. The van der Waals surface area contributed by atoms with E-state index in [0.717, 1.165) is 12.8 Å². The molecular weight excluding hydrogens is 242 g/mol. The van der Waals surface area contributed by atoms with Gasteiger partial charge in [0.25, 0.3) is 0 Å². The SMILES string of the molecule is CC(C)CN(CC(N)=O)CC(=O)NC1CCCCC1. The van der Waals surface area contributed by atoms with Crippen LogP contribution in [0, 0.1) is 5.92 Å². The number of hydrogen-bond donors (Lipinski definition) is 2. The minimum Gasteiger partial charge on any atom is -0.369 e. The number of nitrogens with zero attached hydrogens (tertiary/aromatic N) is 1. The van der Waals surface area contributed by atoms with Gasteiger partial charge in [-0.15, -0.1) is 0 Å². The molecule has 0 spiro atoms. The summed E-state index contributed by atoms with van der Waals surface area (Å²) in [7, 11) is 0. The minimum absolute atomic E-state index is 0.00815. The van der Waals surface area contributed by atoms with Crippen LogP contribution in [0.3, 0.4) is 0 Å². The van der Waals surface area contributed by atoms with Crippen molar-refractivity contribution in [2.45, 2.75) is 52.0 Å². The van der Waals surface area contributed by atoms with E-state index >= 15 is 0 Å². The van der Waals surface area contributed by atoms with E-state index in [1.165, 1.54) is 19.3 Å². The van der Waals surface area contributed by atoms with Gasteiger partial charge in [-0.05, 0) is 18.8 Å². The molecular formula is C14H27N3O2. The molecule has 0 aromatic heterocycles. The highest BCUT2D eigenvalue weighted by molar-refractivity contribution is 5.80. The van der Waals surface area contributed by atoms with Crippen LogP contribution in [-0.2, 0) is 9.59 Å². The van der Waals surface area contributed by atoms with Crippen molar-refractivity contribution in [1.82, 2.24) is 10.2 Å². The molecule has 2 amide bonds. The van der Waals surface area contributed by atoms with Crippen LogP contribution in [0.4, 0.5) is 0 Å². The predicted octanol–water partition coefficient (Wildman–Crippen LogP) is 0.879. The smallest absolute Gasteiger partial charge is 0.234 e. The molecule has 0 radical (unpaired) electrons. The Hall–Kier alpha value is -1.10. The summed E-state index contributed by atoms with van der Waals surface area (Å²) >= 11 is 0. The zero-order valence-electron chi connectivity index (χ0n) is 12.2. The van der Waals surface area contributed by atoms with E-state index < -0.39 is 0 Å². The zero-order valence-corrected chi connectivity index (χ0v) is 12.2. The normalized spacial score (nSPS) is 16.8. The topological polar surface area (TPSA) is 75.4 Å². The third-order valence-electron chi connectivity index (χ3n) is 3.34. The van der Waals surface area contributed by atoms with Gasteiger partial charge in [-0.3, -0.25) is 14.5 Å². The third-order valence-corrected chi connectivity index (χ3v) is 3.34. The number of carbonyl (C=O) groups is 2. The van der Waals surface area contributed by atoms with E-state index in [-0.39, 0.29) is 24.9 Å². The summed E-state index contributed by atoms with van der Waals surface area (Å²) < 4.78 is 0. The monoisotopic (exact) mass is 269 g/mol. The van der Waals surface area contributed by atoms with Crippen LogP contribution >= 0.6 is 0 Å². The van der Waals surface area contributed by atoms with Crippen molar-refractivity contribution in [3.63, 3.8) is 0 Å². The van der Waals surface area contributed by atoms with Crippen LogP contribution in [0.15, 0.2) is 0 Å². The molecule has 0 bridgehead atoms. The molecule has 0 aromatic rings. The number of rotatable bonds is 7. The van der Waals surface area contributed by atoms with Crippen molar-refractivity contribution in [3.05, 3.63) is 0 Å². The summed E-state index contributed by atoms with van der Waals surface area (Å²) in [6.45, 7) is 5.25. The molecule has 1 saturated carbocycles. The lowest BCUT2D eigenvalue weighted by Gasteiger charge is -2.26. The molecule has 0 atom stereocenters. The zero-order chi connectivity index (χ0) is 14.3. The highest BCUT2D eigenvalue weighted by Gasteiger charge is 2.18. The first-order valence-corrected chi connectivity index (χ1v) is 7.27. The number of primary amides is 1. The number of amides is 2. The molecule has 1 rings (SSSR count). The second-order valence-corrected chi connectivity index (χ2v) is 5.93. The third kappa shape index (κ3) is 7.15. The van der Waals surface area contributed by atoms with E-state index in [1.54, 1.807) is 0 Å². The van der Waals surface area contributed by atoms with Gasteiger partial charge in [-0.25, -0.2) is 0 Å². The van der Waals surface area contributed by atoms with Gasteiger partial charge in [0, 0.05) is 12.6 Å². The van der Waals surface area contributed by atoms with Gasteiger partial charge >= 0.3 is 0 Å². The highest BCUT2D eigenvalue weighted by Crippen LogP contribution is 2.17. The lowest BCUT2D eigenvalue weighted by molar-refractivity contribution is -0.124. The fraction of sp³-hybridized carbons (Fsp3) is 0.857. The standard InChI is InChI=1S/C14H27N3O2/c1-11(2)8-17(9-13(15)18)10-14(19)16-12-6-4-3-5-7-12/h11-12H,3-10H2,1-2H3,(H2,15,18)(H,16,19). The number of carbonyl (C=O) groups excluding carboxylic acids is 2. The van der Waals surface area contributed by atoms with E-state index in [4.69, 9.17) is 5.73 Å². The van der Waals surface area contributed by atoms with Crippen molar-refractivity contribution in [1.29, 1.82) is 0 Å². The average molecular weight is 269 g/mol. The molecule has 0 aromatic carbocycles. The summed E-state index contributed by atoms with van der Waals surface area (Å²) in [5.41, 5.74) is 5.22. The Morgan fingerprint density at radius 3 is 2.37 bits per heavy atom. The van der Waals surface area contributed by atoms with E-state index in [2.05, 4.69) is 19.2 Å². The molecule has 0 aliphatic heterocycles. The minimum atomic E-state index is -0.383. The van der Waals surface area contributed by atoms with Crippen LogP contribution in [0.2, 0.25) is 0 Å². The van der Waals surface area contributed by atoms with Crippen molar-refractivity contribution in [3.8, 4) is 0 Å². The fourth-order valence-corrected chi connectivity index (χ4v) is 2.65. The molecule has 3 N–H and O–H groups in total. The van der Waals surface area contributed by atoms with Gasteiger partial charge in [-0.2, -0.15) is 0 Å². The molecule has 19 heavy (non-hydrogen) atoms. The summed E-state index contributed by atoms with van der Waals surface area (Å²) in [6, 6.07) is 0.315. The maximum absolute atomic E-state index is 12.0. The molecule has 110 valence electrons. The van der Waals surface area contributed by atoms with Gasteiger partial charge in [0.2, 0.25) is 11.8 Å². The second-order valence-electron chi connectivity index (χ2n) is 5.93. The maximum atomic E-state index is 12.0. The summed E-state index contributed by atoms with van der Waals surface area (Å²) in [5.74, 6) is 0.0294. The van der Waals surface area contributed by atoms with Crippen LogP contribution in [0.1, 0.15) is 46.0 Å². The van der Waals surface area contributed by atoms with Crippen LogP contribution in [0.5, 0.6) is 0 Å². The molecule has 1 fully saturated rings. The summed E-state index contributed by atoms with van der Waals surface area (Å²) in [5, 5.41) is 3.06. The van der Waals surface area contributed by atoms with E-state index in [0.29, 0.717) is 18.5 Å². The van der Waals surface area contributed by atoms with Crippen LogP contribution < -0.4 is 11.1 Å². The van der Waals surface area contributed by atoms with Crippen LogP contribution in [0.25, 0.3) is 0 Å². The summed E-state index contributed by atoms with van der Waals surface area (Å²) in [4.78, 5) is 24.8. The quantitative estimate of drug-likeness (QED) is 0.720. The van der Waals surface area contributed by atoms with Crippen molar-refractivity contribution >= 4 is 11.8 Å². The Morgan fingerprint density at radius 1 is 1.21 bits per heavy atom. The first-order valence-electron chi connectivity index (χ1n) is 7.27. The van der Waals surface area contributed by atoms with Gasteiger partial charge in [0.15, 0.2) is 0 Å². The Kier molecular flexibility index (Phi) is 6.84. The highest BCUT2D eigenvalue weighted by atomic mass is 16.2. The van der Waals surface area contributed by atoms with Gasteiger partial charge in [0.05, 0.1) is 13.1 Å². The summed E-state index contributed by atoms with van der Waals surface area (Å²) in [6.07, 6.45) is 5.81. The molecule has 1 aliphatic carbocycles. The van der Waals surface area contributed by atoms with Gasteiger partial charge in [-0.1, -0.05) is 33.1 Å². The fourth-order valence-electron chi connectivity index (χ4n) is 2.65. The maximum Gasteiger partial charge on any atom is 0.234 e. The Morgan fingerprint density at radius 2 is 1.84 bits per heavy atom. The first kappa shape index (κ1) is 16.0. The molecule has 0 heterocycles. The molecule has 0 unspecified atom stereocenters. The number of nitrogens with one attached hydrogen (secondary N) is 1. The largest absolute Gasteiger partial charge is 0.369 e. The predicted molar refractivity (Wildman–Crippen MR) is 75.5 cm³/mol. The molecule has 5 heteroatoms. The Labute approximate surface area is 115 Å². The Balaban J connectivity index is 2.38.